The number of unbranched alkanes of at least 4 members (excludes halogenated alkanes) is 4. The Bertz CT molecular complexity index is 466. The second-order valence-corrected chi connectivity index (χ2v) is 6.11. The fourth-order valence-electron chi connectivity index (χ4n) is 1.87. The Kier molecular flexibility index (Phi) is 9.09. The Labute approximate surface area is 141 Å². The predicted octanol–water partition coefficient (Wildman–Crippen LogP) is 5.15. The van der Waals surface area contributed by atoms with Crippen molar-refractivity contribution in [3.8, 4) is 0 Å². The van der Waals surface area contributed by atoms with Crippen LogP contribution in [0.25, 0.3) is 0 Å². The number of carbonyl (C=O) groups excluding carboxylic acids is 1. The van der Waals surface area contributed by atoms with Crippen molar-refractivity contribution in [1.82, 2.24) is 5.32 Å². The van der Waals surface area contributed by atoms with Crippen molar-refractivity contribution in [2.24, 2.45) is 0 Å². The van der Waals surface area contributed by atoms with Gasteiger partial charge in [-0.15, -0.1) is 0 Å². The van der Waals surface area contributed by atoms with Gasteiger partial charge in [0.15, 0.2) is 0 Å². The number of hydrogen-bond donors (Lipinski definition) is 2. The summed E-state index contributed by atoms with van der Waals surface area (Å²) >= 11 is 17.7. The Morgan fingerprint density at radius 3 is 2.38 bits per heavy atom. The summed E-state index contributed by atoms with van der Waals surface area (Å²) in [5.41, 5.74) is 0.473. The van der Waals surface area contributed by atoms with Crippen LogP contribution >= 0.6 is 34.8 Å². The van der Waals surface area contributed by atoms with E-state index in [1.54, 1.807) is 6.07 Å². The first-order valence-corrected chi connectivity index (χ1v) is 8.33. The Morgan fingerprint density at radius 2 is 1.67 bits per heavy atom. The topological polar surface area (TPSA) is 41.1 Å². The van der Waals surface area contributed by atoms with Gasteiger partial charge in [-0.05, 0) is 25.1 Å². The molecule has 1 amide bonds. The molecule has 6 heteroatoms. The summed E-state index contributed by atoms with van der Waals surface area (Å²) in [4.78, 5) is 11.8. The molecule has 0 heterocycles. The number of nitrogens with one attached hydrogen (secondary N) is 2. The van der Waals surface area contributed by atoms with E-state index in [9.17, 15) is 4.79 Å². The Hall–Kier alpha value is -0.480. The number of anilines is 1. The second kappa shape index (κ2) is 10.3. The maximum absolute atomic E-state index is 11.8. The molecule has 2 N–H and O–H groups in total. The van der Waals surface area contributed by atoms with E-state index in [0.29, 0.717) is 20.8 Å². The third kappa shape index (κ3) is 7.37. The standard InChI is InChI=1S/C15H21Cl3N2O/c1-2-3-4-5-6-7-19-10-15(21)20-14-9-12(17)11(16)8-13(14)18/h8-9,19H,2-7,10H2,1H3,(H,20,21). The highest BCUT2D eigenvalue weighted by atomic mass is 35.5. The first-order valence-electron chi connectivity index (χ1n) is 7.19. The molecule has 0 bridgehead atoms. The molecule has 0 radical (unpaired) electrons. The summed E-state index contributed by atoms with van der Waals surface area (Å²) in [6.45, 7) is 3.29. The third-order valence-corrected chi connectivity index (χ3v) is 4.06. The average molecular weight is 352 g/mol. The predicted molar refractivity (Wildman–Crippen MR) is 91.7 cm³/mol. The molecule has 1 aromatic carbocycles. The van der Waals surface area contributed by atoms with Gasteiger partial charge in [-0.25, -0.2) is 0 Å². The summed E-state index contributed by atoms with van der Waals surface area (Å²) in [5.74, 6) is -0.149. The fraction of sp³-hybridized carbons (Fsp3) is 0.533. The zero-order valence-electron chi connectivity index (χ0n) is 12.1. The van der Waals surface area contributed by atoms with Crippen LogP contribution < -0.4 is 10.6 Å². The van der Waals surface area contributed by atoms with Crippen LogP contribution in [0.15, 0.2) is 12.1 Å². The summed E-state index contributed by atoms with van der Waals surface area (Å²) < 4.78 is 0. The molecule has 0 saturated carbocycles. The van der Waals surface area contributed by atoms with E-state index in [1.807, 2.05) is 0 Å². The van der Waals surface area contributed by atoms with Crippen molar-refractivity contribution >= 4 is 46.4 Å². The van der Waals surface area contributed by atoms with Crippen LogP contribution in [0.2, 0.25) is 15.1 Å². The smallest absolute Gasteiger partial charge is 0.238 e. The lowest BCUT2D eigenvalue weighted by molar-refractivity contribution is -0.115. The van der Waals surface area contributed by atoms with Crippen molar-refractivity contribution in [2.75, 3.05) is 18.4 Å². The first kappa shape index (κ1) is 18.6. The Balaban J connectivity index is 2.26. The van der Waals surface area contributed by atoms with E-state index < -0.39 is 0 Å². The van der Waals surface area contributed by atoms with Crippen LogP contribution in [0, 0.1) is 0 Å². The molecule has 0 aliphatic carbocycles. The molecule has 21 heavy (non-hydrogen) atoms. The van der Waals surface area contributed by atoms with E-state index in [-0.39, 0.29) is 12.5 Å². The van der Waals surface area contributed by atoms with Crippen LogP contribution in [0.4, 0.5) is 5.69 Å². The van der Waals surface area contributed by atoms with Gasteiger partial charge in [-0.2, -0.15) is 0 Å². The van der Waals surface area contributed by atoms with Crippen LogP contribution in [0.1, 0.15) is 39.0 Å². The van der Waals surface area contributed by atoms with Crippen molar-refractivity contribution in [3.63, 3.8) is 0 Å². The molecule has 3 nitrogen and oxygen atoms in total. The van der Waals surface area contributed by atoms with Crippen LogP contribution in [-0.4, -0.2) is 19.0 Å². The molecular weight excluding hydrogens is 331 g/mol. The molecule has 118 valence electrons. The highest BCUT2D eigenvalue weighted by Gasteiger charge is 2.09. The molecular formula is C15H21Cl3N2O. The zero-order valence-corrected chi connectivity index (χ0v) is 14.4. The van der Waals surface area contributed by atoms with Gasteiger partial charge in [0.2, 0.25) is 5.91 Å². The number of carbonyl (C=O) groups is 1. The Morgan fingerprint density at radius 1 is 1.00 bits per heavy atom. The molecule has 1 aromatic rings. The zero-order chi connectivity index (χ0) is 15.7. The molecule has 0 aliphatic heterocycles. The van der Waals surface area contributed by atoms with Gasteiger partial charge >= 0.3 is 0 Å². The van der Waals surface area contributed by atoms with E-state index in [1.165, 1.54) is 31.7 Å². The summed E-state index contributed by atoms with van der Waals surface area (Å²) in [6.07, 6.45) is 6.04. The second-order valence-electron chi connectivity index (χ2n) is 4.89. The SMILES string of the molecule is CCCCCCCNCC(=O)Nc1cc(Cl)c(Cl)cc1Cl. The lowest BCUT2D eigenvalue weighted by Gasteiger charge is -2.09. The highest BCUT2D eigenvalue weighted by molar-refractivity contribution is 6.44. The van der Waals surface area contributed by atoms with Crippen molar-refractivity contribution in [3.05, 3.63) is 27.2 Å². The van der Waals surface area contributed by atoms with Crippen molar-refractivity contribution in [2.45, 2.75) is 39.0 Å². The minimum atomic E-state index is -0.149. The number of benzene rings is 1. The molecule has 0 unspecified atom stereocenters. The van der Waals surface area contributed by atoms with Crippen LogP contribution in [0.3, 0.4) is 0 Å². The minimum Gasteiger partial charge on any atom is -0.324 e. The van der Waals surface area contributed by atoms with Gasteiger partial charge in [0, 0.05) is 0 Å². The number of hydrogen-bond acceptors (Lipinski definition) is 2. The van der Waals surface area contributed by atoms with Gasteiger partial charge < -0.3 is 10.6 Å². The number of halogens is 3. The number of amides is 1. The lowest BCUT2D eigenvalue weighted by Crippen LogP contribution is -2.28. The molecule has 0 saturated heterocycles. The summed E-state index contributed by atoms with van der Waals surface area (Å²) in [7, 11) is 0. The van der Waals surface area contributed by atoms with Gasteiger partial charge in [0.25, 0.3) is 0 Å². The van der Waals surface area contributed by atoms with Gasteiger partial charge in [-0.3, -0.25) is 4.79 Å². The van der Waals surface area contributed by atoms with E-state index >= 15 is 0 Å². The molecule has 1 rings (SSSR count). The van der Waals surface area contributed by atoms with Crippen molar-refractivity contribution in [1.29, 1.82) is 0 Å². The van der Waals surface area contributed by atoms with Crippen molar-refractivity contribution < 1.29 is 4.79 Å². The average Bonchev–Trinajstić information content (AvgIpc) is 2.44. The molecule has 0 fully saturated rings. The highest BCUT2D eigenvalue weighted by Crippen LogP contribution is 2.32. The summed E-state index contributed by atoms with van der Waals surface area (Å²) in [6, 6.07) is 3.07. The molecule has 0 atom stereocenters. The fourth-order valence-corrected chi connectivity index (χ4v) is 2.46. The largest absolute Gasteiger partial charge is 0.324 e. The van der Waals surface area contributed by atoms with Gasteiger partial charge in [-0.1, -0.05) is 67.4 Å². The monoisotopic (exact) mass is 350 g/mol. The van der Waals surface area contributed by atoms with E-state index in [4.69, 9.17) is 34.8 Å². The first-order chi connectivity index (χ1) is 10.0. The van der Waals surface area contributed by atoms with Crippen LogP contribution in [-0.2, 0) is 4.79 Å². The lowest BCUT2D eigenvalue weighted by atomic mass is 10.1. The molecule has 0 aliphatic rings. The maximum Gasteiger partial charge on any atom is 0.238 e. The quantitative estimate of drug-likeness (QED) is 0.477. The third-order valence-electron chi connectivity index (χ3n) is 3.03. The van der Waals surface area contributed by atoms with Gasteiger partial charge in [0.05, 0.1) is 27.3 Å². The van der Waals surface area contributed by atoms with E-state index in [2.05, 4.69) is 17.6 Å². The molecule has 0 aromatic heterocycles. The normalized spacial score (nSPS) is 10.7. The number of rotatable bonds is 9. The van der Waals surface area contributed by atoms with Crippen LogP contribution in [0.5, 0.6) is 0 Å². The molecule has 0 spiro atoms. The maximum atomic E-state index is 11.8. The van der Waals surface area contributed by atoms with Gasteiger partial charge in [0.1, 0.15) is 0 Å². The summed E-state index contributed by atoms with van der Waals surface area (Å²) in [5, 5.41) is 6.93. The minimum absolute atomic E-state index is 0.149. The van der Waals surface area contributed by atoms with E-state index in [0.717, 1.165) is 13.0 Å².